The molecule has 1 saturated heterocycles. The maximum Gasteiger partial charge on any atom is 0.253 e. The zero-order chi connectivity index (χ0) is 19.6. The molecule has 1 fully saturated rings. The third-order valence-corrected chi connectivity index (χ3v) is 6.18. The molecule has 0 bridgehead atoms. The molecule has 2 heterocycles. The van der Waals surface area contributed by atoms with Crippen molar-refractivity contribution in [1.82, 2.24) is 19.7 Å². The van der Waals surface area contributed by atoms with Gasteiger partial charge in [0.15, 0.2) is 0 Å². The number of hydrogen-bond donors (Lipinski definition) is 0. The third-order valence-electron chi connectivity index (χ3n) is 5.17. The normalized spacial score (nSPS) is 21.0. The standard InChI is InChI=1S/C21H30N4OS/c1-15-14-27-20(22-15)18-7-6-8-19(11-18)21(26)24-12-16(2)25(17(3)13-24)10-9-23(4)5/h6-8,11,14,16-17H,9-10,12-13H2,1-5H3. The molecule has 0 spiro atoms. The number of carbonyl (C=O) groups excluding carboxylic acids is 1. The highest BCUT2D eigenvalue weighted by atomic mass is 32.1. The van der Waals surface area contributed by atoms with Gasteiger partial charge in [-0.3, -0.25) is 9.69 Å². The fourth-order valence-electron chi connectivity index (χ4n) is 3.73. The first-order chi connectivity index (χ1) is 12.8. The summed E-state index contributed by atoms with van der Waals surface area (Å²) >= 11 is 1.62. The Balaban J connectivity index is 1.71. The van der Waals surface area contributed by atoms with Gasteiger partial charge < -0.3 is 9.80 Å². The first kappa shape index (κ1) is 20.0. The molecule has 3 rings (SSSR count). The molecule has 5 nitrogen and oxygen atoms in total. The highest BCUT2D eigenvalue weighted by Crippen LogP contribution is 2.25. The van der Waals surface area contributed by atoms with Gasteiger partial charge in [-0.1, -0.05) is 12.1 Å². The van der Waals surface area contributed by atoms with Gasteiger partial charge >= 0.3 is 0 Å². The SMILES string of the molecule is Cc1csc(-c2cccc(C(=O)N3CC(C)N(CCN(C)C)C(C)C3)c2)n1. The highest BCUT2D eigenvalue weighted by Gasteiger charge is 2.32. The Bertz CT molecular complexity index is 776. The Hall–Kier alpha value is -1.76. The number of aromatic nitrogens is 1. The molecule has 2 unspecified atom stereocenters. The predicted molar refractivity (Wildman–Crippen MR) is 112 cm³/mol. The van der Waals surface area contributed by atoms with Crippen LogP contribution in [0.4, 0.5) is 0 Å². The van der Waals surface area contributed by atoms with Gasteiger partial charge in [0.05, 0.1) is 0 Å². The van der Waals surface area contributed by atoms with Gasteiger partial charge in [0.1, 0.15) is 5.01 Å². The lowest BCUT2D eigenvalue weighted by molar-refractivity contribution is 0.0283. The number of rotatable bonds is 5. The lowest BCUT2D eigenvalue weighted by Gasteiger charge is -2.44. The van der Waals surface area contributed by atoms with Crippen LogP contribution in [0.15, 0.2) is 29.6 Å². The minimum atomic E-state index is 0.121. The molecule has 1 aromatic heterocycles. The number of thiazole rings is 1. The fourth-order valence-corrected chi connectivity index (χ4v) is 4.53. The zero-order valence-electron chi connectivity index (χ0n) is 17.0. The molecule has 0 aliphatic carbocycles. The number of benzene rings is 1. The van der Waals surface area contributed by atoms with E-state index in [9.17, 15) is 4.79 Å². The average molecular weight is 387 g/mol. The molecular formula is C21H30N4OS. The summed E-state index contributed by atoms with van der Waals surface area (Å²) in [7, 11) is 4.21. The van der Waals surface area contributed by atoms with Gasteiger partial charge in [-0.25, -0.2) is 4.98 Å². The second-order valence-electron chi connectivity index (χ2n) is 7.82. The van der Waals surface area contributed by atoms with Crippen molar-refractivity contribution in [2.45, 2.75) is 32.9 Å². The van der Waals surface area contributed by atoms with Gasteiger partial charge in [0.25, 0.3) is 5.91 Å². The lowest BCUT2D eigenvalue weighted by atomic mass is 10.1. The van der Waals surface area contributed by atoms with Crippen molar-refractivity contribution in [2.24, 2.45) is 0 Å². The molecule has 6 heteroatoms. The van der Waals surface area contributed by atoms with Crippen molar-refractivity contribution >= 4 is 17.2 Å². The topological polar surface area (TPSA) is 39.7 Å². The summed E-state index contributed by atoms with van der Waals surface area (Å²) in [5.74, 6) is 0.121. The second-order valence-corrected chi connectivity index (χ2v) is 8.68. The van der Waals surface area contributed by atoms with Gasteiger partial charge in [0.2, 0.25) is 0 Å². The van der Waals surface area contributed by atoms with Crippen LogP contribution >= 0.6 is 11.3 Å². The molecule has 1 aromatic carbocycles. The number of amides is 1. The molecule has 0 saturated carbocycles. The van der Waals surface area contributed by atoms with Crippen LogP contribution in [0.25, 0.3) is 10.6 Å². The number of carbonyl (C=O) groups is 1. The summed E-state index contributed by atoms with van der Waals surface area (Å²) in [4.78, 5) is 24.4. The van der Waals surface area contributed by atoms with Crippen LogP contribution in [0.5, 0.6) is 0 Å². The van der Waals surface area contributed by atoms with Crippen LogP contribution < -0.4 is 0 Å². The van der Waals surface area contributed by atoms with Crippen molar-refractivity contribution in [3.05, 3.63) is 40.9 Å². The van der Waals surface area contributed by atoms with E-state index < -0.39 is 0 Å². The van der Waals surface area contributed by atoms with E-state index in [1.54, 1.807) is 11.3 Å². The minimum Gasteiger partial charge on any atom is -0.336 e. The smallest absolute Gasteiger partial charge is 0.253 e. The van der Waals surface area contributed by atoms with Gasteiger partial charge in [-0.05, 0) is 47.0 Å². The molecule has 146 valence electrons. The molecule has 1 aliphatic rings. The summed E-state index contributed by atoms with van der Waals surface area (Å²) < 4.78 is 0. The Morgan fingerprint density at radius 2 is 1.96 bits per heavy atom. The first-order valence-electron chi connectivity index (χ1n) is 9.57. The molecule has 0 N–H and O–H groups in total. The van der Waals surface area contributed by atoms with Crippen molar-refractivity contribution in [2.75, 3.05) is 40.3 Å². The van der Waals surface area contributed by atoms with Crippen LogP contribution in [-0.4, -0.2) is 77.9 Å². The van der Waals surface area contributed by atoms with Crippen LogP contribution in [0.1, 0.15) is 29.9 Å². The summed E-state index contributed by atoms with van der Waals surface area (Å²) in [5, 5.41) is 3.01. The molecular weight excluding hydrogens is 356 g/mol. The van der Waals surface area contributed by atoms with Gasteiger partial charge in [-0.2, -0.15) is 0 Å². The van der Waals surface area contributed by atoms with E-state index in [1.807, 2.05) is 41.5 Å². The number of piperazine rings is 1. The molecule has 2 aromatic rings. The summed E-state index contributed by atoms with van der Waals surface area (Å²) in [6.45, 7) is 10.1. The zero-order valence-corrected chi connectivity index (χ0v) is 17.8. The van der Waals surface area contributed by atoms with Crippen molar-refractivity contribution < 1.29 is 4.79 Å². The molecule has 1 amide bonds. The van der Waals surface area contributed by atoms with E-state index in [4.69, 9.17) is 0 Å². The first-order valence-corrected chi connectivity index (χ1v) is 10.5. The van der Waals surface area contributed by atoms with Crippen LogP contribution in [0.3, 0.4) is 0 Å². The number of aryl methyl sites for hydroxylation is 1. The van der Waals surface area contributed by atoms with Gasteiger partial charge in [0, 0.05) is 60.5 Å². The van der Waals surface area contributed by atoms with Gasteiger partial charge in [-0.15, -0.1) is 11.3 Å². The van der Waals surface area contributed by atoms with Crippen LogP contribution in [0, 0.1) is 6.92 Å². The van der Waals surface area contributed by atoms with E-state index in [0.29, 0.717) is 12.1 Å². The molecule has 0 radical (unpaired) electrons. The monoisotopic (exact) mass is 386 g/mol. The molecule has 27 heavy (non-hydrogen) atoms. The quantitative estimate of drug-likeness (QED) is 0.791. The van der Waals surface area contributed by atoms with Crippen molar-refractivity contribution in [1.29, 1.82) is 0 Å². The molecule has 1 aliphatic heterocycles. The fraction of sp³-hybridized carbons (Fsp3) is 0.524. The Morgan fingerprint density at radius 1 is 1.26 bits per heavy atom. The van der Waals surface area contributed by atoms with E-state index in [-0.39, 0.29) is 5.91 Å². The Kier molecular flexibility index (Phi) is 6.29. The third kappa shape index (κ3) is 4.75. The number of likely N-dealkylation sites (N-methyl/N-ethyl adjacent to an activating group) is 1. The minimum absolute atomic E-state index is 0.121. The Morgan fingerprint density at radius 3 is 2.56 bits per heavy atom. The van der Waals surface area contributed by atoms with E-state index >= 15 is 0 Å². The number of hydrogen-bond acceptors (Lipinski definition) is 5. The van der Waals surface area contributed by atoms with E-state index in [1.165, 1.54) is 0 Å². The Labute approximate surface area is 166 Å². The second kappa shape index (κ2) is 8.50. The maximum absolute atomic E-state index is 13.1. The highest BCUT2D eigenvalue weighted by molar-refractivity contribution is 7.13. The van der Waals surface area contributed by atoms with E-state index in [0.717, 1.165) is 48.0 Å². The van der Waals surface area contributed by atoms with Crippen molar-refractivity contribution in [3.8, 4) is 10.6 Å². The summed E-state index contributed by atoms with van der Waals surface area (Å²) in [5.41, 5.74) is 2.79. The predicted octanol–water partition coefficient (Wildman–Crippen LogP) is 3.21. The summed E-state index contributed by atoms with van der Waals surface area (Å²) in [6, 6.07) is 8.61. The van der Waals surface area contributed by atoms with E-state index in [2.05, 4.69) is 42.7 Å². The number of nitrogens with zero attached hydrogens (tertiary/aromatic N) is 4. The lowest BCUT2D eigenvalue weighted by Crippen LogP contribution is -2.59. The van der Waals surface area contributed by atoms with Crippen molar-refractivity contribution in [3.63, 3.8) is 0 Å². The van der Waals surface area contributed by atoms with Crippen LogP contribution in [-0.2, 0) is 0 Å². The average Bonchev–Trinajstić information content (AvgIpc) is 3.06. The maximum atomic E-state index is 13.1. The largest absolute Gasteiger partial charge is 0.336 e. The van der Waals surface area contributed by atoms with Crippen LogP contribution in [0.2, 0.25) is 0 Å². The molecule has 2 atom stereocenters. The summed E-state index contributed by atoms with van der Waals surface area (Å²) in [6.07, 6.45) is 0.